The van der Waals surface area contributed by atoms with Gasteiger partial charge < -0.3 is 15.0 Å². The van der Waals surface area contributed by atoms with Crippen LogP contribution < -0.4 is 10.1 Å². The Bertz CT molecular complexity index is 1060. The molecule has 1 aliphatic heterocycles. The number of aryl methyl sites for hydroxylation is 1. The van der Waals surface area contributed by atoms with Crippen molar-refractivity contribution in [3.63, 3.8) is 0 Å². The number of esters is 1. The van der Waals surface area contributed by atoms with Gasteiger partial charge in [0.2, 0.25) is 0 Å². The summed E-state index contributed by atoms with van der Waals surface area (Å²) in [6.07, 6.45) is -4.95. The molecule has 2 aromatic carbocycles. The van der Waals surface area contributed by atoms with Crippen LogP contribution >= 0.6 is 11.6 Å². The maximum Gasteiger partial charge on any atom is 0.428 e. The van der Waals surface area contributed by atoms with Crippen LogP contribution in [0, 0.1) is 6.92 Å². The summed E-state index contributed by atoms with van der Waals surface area (Å²) >= 11 is 5.86. The van der Waals surface area contributed by atoms with Crippen molar-refractivity contribution >= 4 is 23.3 Å². The third-order valence-electron chi connectivity index (χ3n) is 4.64. The number of rotatable bonds is 2. The van der Waals surface area contributed by atoms with Crippen molar-refractivity contribution in [1.82, 2.24) is 4.98 Å². The van der Waals surface area contributed by atoms with Crippen molar-refractivity contribution in [2.24, 2.45) is 0 Å². The number of carbonyl (C=O) groups excluding carboxylic acids is 1. The van der Waals surface area contributed by atoms with E-state index in [9.17, 15) is 18.0 Å². The Kier molecular flexibility index (Phi) is 4.15. The summed E-state index contributed by atoms with van der Waals surface area (Å²) in [5.74, 6) is -1.38. The lowest BCUT2D eigenvalue weighted by atomic mass is 9.92. The Balaban J connectivity index is 1.83. The zero-order valence-corrected chi connectivity index (χ0v) is 15.3. The van der Waals surface area contributed by atoms with Crippen LogP contribution in [0.3, 0.4) is 0 Å². The number of nitrogens with one attached hydrogen (secondary N) is 2. The van der Waals surface area contributed by atoms with E-state index in [1.54, 1.807) is 37.3 Å². The van der Waals surface area contributed by atoms with Crippen LogP contribution in [0.15, 0.2) is 54.6 Å². The number of anilines is 1. The summed E-state index contributed by atoms with van der Waals surface area (Å²) in [5, 5.41) is 2.87. The molecule has 3 aromatic rings. The number of hydrogen-bond donors (Lipinski definition) is 2. The topological polar surface area (TPSA) is 54.1 Å². The number of benzene rings is 2. The minimum atomic E-state index is -4.95. The van der Waals surface area contributed by atoms with Crippen LogP contribution in [-0.4, -0.2) is 17.1 Å². The van der Waals surface area contributed by atoms with E-state index in [2.05, 4.69) is 10.3 Å². The smallest absolute Gasteiger partial charge is 0.422 e. The molecule has 28 heavy (non-hydrogen) atoms. The summed E-state index contributed by atoms with van der Waals surface area (Å²) < 4.78 is 47.6. The number of H-pyrrole nitrogens is 1. The molecule has 4 rings (SSSR count). The third kappa shape index (κ3) is 2.82. The summed E-state index contributed by atoms with van der Waals surface area (Å²) in [5.41, 5.74) is -1.50. The van der Waals surface area contributed by atoms with E-state index in [1.165, 1.54) is 24.3 Å². The molecule has 1 aromatic heterocycles. The molecule has 8 heteroatoms. The molecule has 1 aliphatic rings. The summed E-state index contributed by atoms with van der Waals surface area (Å²) in [4.78, 5) is 15.3. The van der Waals surface area contributed by atoms with Gasteiger partial charge in [-0.3, -0.25) is 0 Å². The van der Waals surface area contributed by atoms with Crippen LogP contribution in [0.2, 0.25) is 5.02 Å². The van der Waals surface area contributed by atoms with Gasteiger partial charge in [0, 0.05) is 10.7 Å². The summed E-state index contributed by atoms with van der Waals surface area (Å²) in [7, 11) is 0. The lowest BCUT2D eigenvalue weighted by Gasteiger charge is -2.38. The molecule has 0 bridgehead atoms. The van der Waals surface area contributed by atoms with Gasteiger partial charge in [0.05, 0.1) is 11.4 Å². The van der Waals surface area contributed by atoms with E-state index in [0.29, 0.717) is 16.3 Å². The number of carbonyl (C=O) groups is 1. The van der Waals surface area contributed by atoms with Crippen LogP contribution in [0.5, 0.6) is 5.75 Å². The second kappa shape index (κ2) is 6.31. The highest BCUT2D eigenvalue weighted by atomic mass is 35.5. The van der Waals surface area contributed by atoms with Crippen LogP contribution in [0.4, 0.5) is 18.9 Å². The maximum absolute atomic E-state index is 14.2. The minimum Gasteiger partial charge on any atom is -0.422 e. The second-order valence-electron chi connectivity index (χ2n) is 6.55. The SMILES string of the molecule is Cc1ccc2c(c1)OC(=O)[C@](c1ccc(-c3ccc(Cl)cc3)[nH]1)(C(F)(F)F)N2. The first-order valence-corrected chi connectivity index (χ1v) is 8.72. The molecular formula is C20H14ClF3N2O2. The van der Waals surface area contributed by atoms with Gasteiger partial charge in [0.25, 0.3) is 5.54 Å². The van der Waals surface area contributed by atoms with Gasteiger partial charge >= 0.3 is 12.1 Å². The quantitative estimate of drug-likeness (QED) is 0.440. The average Bonchev–Trinajstić information content (AvgIpc) is 3.11. The number of halogens is 4. The molecule has 144 valence electrons. The fraction of sp³-hybridized carbons (Fsp3) is 0.150. The van der Waals surface area contributed by atoms with Crippen LogP contribution in [-0.2, 0) is 10.3 Å². The van der Waals surface area contributed by atoms with E-state index < -0.39 is 17.7 Å². The highest BCUT2D eigenvalue weighted by Crippen LogP contribution is 2.47. The minimum absolute atomic E-state index is 0.0642. The van der Waals surface area contributed by atoms with Gasteiger partial charge in [0.15, 0.2) is 5.75 Å². The molecule has 0 radical (unpaired) electrons. The van der Waals surface area contributed by atoms with E-state index >= 15 is 0 Å². The molecule has 0 saturated heterocycles. The maximum atomic E-state index is 14.2. The lowest BCUT2D eigenvalue weighted by molar-refractivity contribution is -0.199. The molecule has 4 nitrogen and oxygen atoms in total. The van der Waals surface area contributed by atoms with Gasteiger partial charge in [-0.15, -0.1) is 0 Å². The number of ether oxygens (including phenoxy) is 1. The Morgan fingerprint density at radius 1 is 1.04 bits per heavy atom. The predicted octanol–water partition coefficient (Wildman–Crippen LogP) is 5.43. The van der Waals surface area contributed by atoms with Crippen molar-refractivity contribution in [3.05, 3.63) is 70.9 Å². The molecule has 0 aliphatic carbocycles. The normalized spacial score (nSPS) is 19.0. The third-order valence-corrected chi connectivity index (χ3v) is 4.89. The van der Waals surface area contributed by atoms with Gasteiger partial charge in [-0.2, -0.15) is 13.2 Å². The van der Waals surface area contributed by atoms with E-state index in [-0.39, 0.29) is 17.1 Å². The fourth-order valence-electron chi connectivity index (χ4n) is 3.17. The second-order valence-corrected chi connectivity index (χ2v) is 6.99. The first-order valence-electron chi connectivity index (χ1n) is 8.34. The van der Waals surface area contributed by atoms with Crippen molar-refractivity contribution in [2.75, 3.05) is 5.32 Å². The molecular weight excluding hydrogens is 393 g/mol. The molecule has 0 amide bonds. The van der Waals surface area contributed by atoms with E-state index in [4.69, 9.17) is 16.3 Å². The van der Waals surface area contributed by atoms with Crippen LogP contribution in [0.25, 0.3) is 11.3 Å². The van der Waals surface area contributed by atoms with Crippen LogP contribution in [0.1, 0.15) is 11.3 Å². The molecule has 1 atom stereocenters. The number of fused-ring (bicyclic) bond motifs is 1. The summed E-state index contributed by atoms with van der Waals surface area (Å²) in [6, 6.07) is 13.9. The zero-order valence-electron chi connectivity index (χ0n) is 14.5. The molecule has 2 N–H and O–H groups in total. The number of aromatic nitrogens is 1. The van der Waals surface area contributed by atoms with Gasteiger partial charge in [-0.25, -0.2) is 4.79 Å². The number of aromatic amines is 1. The Morgan fingerprint density at radius 3 is 2.43 bits per heavy atom. The summed E-state index contributed by atoms with van der Waals surface area (Å²) in [6.45, 7) is 1.75. The van der Waals surface area contributed by atoms with Gasteiger partial charge in [-0.05, 0) is 54.4 Å². The highest BCUT2D eigenvalue weighted by molar-refractivity contribution is 6.30. The Hall–Kier alpha value is -2.93. The first kappa shape index (κ1) is 18.4. The highest BCUT2D eigenvalue weighted by Gasteiger charge is 2.66. The Morgan fingerprint density at radius 2 is 1.75 bits per heavy atom. The molecule has 0 unspecified atom stereocenters. The van der Waals surface area contributed by atoms with Gasteiger partial charge in [-0.1, -0.05) is 29.8 Å². The molecule has 0 fully saturated rings. The van der Waals surface area contributed by atoms with E-state index in [1.807, 2.05) is 0 Å². The number of alkyl halides is 3. The molecule has 0 spiro atoms. The largest absolute Gasteiger partial charge is 0.428 e. The first-order chi connectivity index (χ1) is 13.2. The predicted molar refractivity (Wildman–Crippen MR) is 99.4 cm³/mol. The Labute approximate surface area is 163 Å². The molecule has 2 heterocycles. The lowest BCUT2D eigenvalue weighted by Crippen LogP contribution is -2.59. The van der Waals surface area contributed by atoms with Crippen molar-refractivity contribution in [1.29, 1.82) is 0 Å². The standard InChI is InChI=1S/C20H14ClF3N2O2/c1-11-2-7-15-16(10-11)28-18(27)19(26-15,20(22,23)24)17-9-8-14(25-17)12-3-5-13(21)6-4-12/h2-10,25-26H,1H3/t19-/m1/s1. The monoisotopic (exact) mass is 406 g/mol. The number of hydrogen-bond acceptors (Lipinski definition) is 3. The van der Waals surface area contributed by atoms with E-state index in [0.717, 1.165) is 5.56 Å². The average molecular weight is 407 g/mol. The molecule has 0 saturated carbocycles. The van der Waals surface area contributed by atoms with Crippen molar-refractivity contribution < 1.29 is 22.7 Å². The van der Waals surface area contributed by atoms with Crippen molar-refractivity contribution in [2.45, 2.75) is 18.6 Å². The zero-order chi connectivity index (χ0) is 20.1. The van der Waals surface area contributed by atoms with Crippen molar-refractivity contribution in [3.8, 4) is 17.0 Å². The fourth-order valence-corrected chi connectivity index (χ4v) is 3.30. The van der Waals surface area contributed by atoms with Gasteiger partial charge in [0.1, 0.15) is 0 Å².